The van der Waals surface area contributed by atoms with E-state index in [1.54, 1.807) is 0 Å². The number of amides is 2. The summed E-state index contributed by atoms with van der Waals surface area (Å²) in [6.45, 7) is 2.00. The second kappa shape index (κ2) is 7.09. The van der Waals surface area contributed by atoms with Crippen molar-refractivity contribution >= 4 is 17.4 Å². The van der Waals surface area contributed by atoms with Crippen LogP contribution in [0, 0.1) is 0 Å². The van der Waals surface area contributed by atoms with Crippen molar-refractivity contribution in [2.45, 2.75) is 13.3 Å². The number of urea groups is 1. The van der Waals surface area contributed by atoms with Crippen molar-refractivity contribution in [3.8, 4) is 0 Å². The molecule has 0 aliphatic rings. The molecule has 0 heterocycles. The predicted octanol–water partition coefficient (Wildman–Crippen LogP) is 3.62. The van der Waals surface area contributed by atoms with E-state index in [-0.39, 0.29) is 6.03 Å². The standard InChI is InChI=1S/C16H17N3O/c1-2-15(13-9-5-3-6-10-13)18-19-16(20)17-14-11-7-4-8-12-14/h3-12H,2H2,1H3,(H2,17,19,20). The maximum absolute atomic E-state index is 11.7. The monoisotopic (exact) mass is 267 g/mol. The average Bonchev–Trinajstić information content (AvgIpc) is 2.50. The quantitative estimate of drug-likeness (QED) is 0.645. The van der Waals surface area contributed by atoms with Crippen molar-refractivity contribution in [3.05, 3.63) is 66.2 Å². The molecule has 4 heteroatoms. The van der Waals surface area contributed by atoms with Gasteiger partial charge in [-0.25, -0.2) is 10.2 Å². The highest BCUT2D eigenvalue weighted by atomic mass is 16.2. The van der Waals surface area contributed by atoms with E-state index in [1.165, 1.54) is 0 Å². The van der Waals surface area contributed by atoms with Gasteiger partial charge in [0.15, 0.2) is 0 Å². The van der Waals surface area contributed by atoms with Gasteiger partial charge in [0.2, 0.25) is 0 Å². The molecular weight excluding hydrogens is 250 g/mol. The Balaban J connectivity index is 1.99. The minimum absolute atomic E-state index is 0.349. The highest BCUT2D eigenvalue weighted by Crippen LogP contribution is 2.05. The Morgan fingerprint density at radius 2 is 1.60 bits per heavy atom. The zero-order chi connectivity index (χ0) is 14.2. The van der Waals surface area contributed by atoms with Crippen molar-refractivity contribution < 1.29 is 4.79 Å². The minimum atomic E-state index is -0.349. The molecule has 0 unspecified atom stereocenters. The first-order valence-electron chi connectivity index (χ1n) is 6.53. The number of hydrogen-bond acceptors (Lipinski definition) is 2. The van der Waals surface area contributed by atoms with E-state index < -0.39 is 0 Å². The molecule has 2 aromatic rings. The van der Waals surface area contributed by atoms with Crippen LogP contribution in [0.5, 0.6) is 0 Å². The van der Waals surface area contributed by atoms with E-state index >= 15 is 0 Å². The molecular formula is C16H17N3O. The van der Waals surface area contributed by atoms with Gasteiger partial charge in [-0.3, -0.25) is 0 Å². The summed E-state index contributed by atoms with van der Waals surface area (Å²) in [7, 11) is 0. The molecule has 2 amide bonds. The van der Waals surface area contributed by atoms with Crippen molar-refractivity contribution in [3.63, 3.8) is 0 Å². The Labute approximate surface area is 118 Å². The molecule has 2 N–H and O–H groups in total. The number of nitrogens with one attached hydrogen (secondary N) is 2. The molecule has 20 heavy (non-hydrogen) atoms. The van der Waals surface area contributed by atoms with Crippen LogP contribution in [-0.2, 0) is 0 Å². The lowest BCUT2D eigenvalue weighted by Crippen LogP contribution is -2.25. The van der Waals surface area contributed by atoms with E-state index in [0.717, 1.165) is 23.4 Å². The highest BCUT2D eigenvalue weighted by Gasteiger charge is 2.03. The van der Waals surface area contributed by atoms with E-state index in [0.29, 0.717) is 0 Å². The van der Waals surface area contributed by atoms with Gasteiger partial charge in [0.05, 0.1) is 5.71 Å². The van der Waals surface area contributed by atoms with Gasteiger partial charge < -0.3 is 5.32 Å². The summed E-state index contributed by atoms with van der Waals surface area (Å²) in [5, 5.41) is 6.88. The van der Waals surface area contributed by atoms with Crippen molar-refractivity contribution in [1.82, 2.24) is 5.43 Å². The van der Waals surface area contributed by atoms with Gasteiger partial charge in [0.25, 0.3) is 0 Å². The first kappa shape index (κ1) is 13.8. The number of carbonyl (C=O) groups excluding carboxylic acids is 1. The molecule has 0 saturated carbocycles. The van der Waals surface area contributed by atoms with Crippen molar-refractivity contribution in [1.29, 1.82) is 0 Å². The summed E-state index contributed by atoms with van der Waals surface area (Å²) in [6.07, 6.45) is 0.746. The fourth-order valence-electron chi connectivity index (χ4n) is 1.78. The lowest BCUT2D eigenvalue weighted by Gasteiger charge is -2.06. The van der Waals surface area contributed by atoms with Gasteiger partial charge in [0, 0.05) is 5.69 Å². The van der Waals surface area contributed by atoms with Crippen LogP contribution in [0.3, 0.4) is 0 Å². The van der Waals surface area contributed by atoms with E-state index in [4.69, 9.17) is 0 Å². The molecule has 0 radical (unpaired) electrons. The van der Waals surface area contributed by atoms with E-state index in [2.05, 4.69) is 15.8 Å². The van der Waals surface area contributed by atoms with Gasteiger partial charge >= 0.3 is 6.03 Å². The molecule has 0 aliphatic carbocycles. The number of anilines is 1. The lowest BCUT2D eigenvalue weighted by molar-refractivity contribution is 0.252. The molecule has 0 aliphatic heterocycles. The third kappa shape index (κ3) is 3.95. The number of hydrogen-bond donors (Lipinski definition) is 2. The molecule has 0 bridgehead atoms. The van der Waals surface area contributed by atoms with Crippen LogP contribution >= 0.6 is 0 Å². The summed E-state index contributed by atoms with van der Waals surface area (Å²) < 4.78 is 0. The number of carbonyl (C=O) groups is 1. The highest BCUT2D eigenvalue weighted by molar-refractivity contribution is 6.01. The van der Waals surface area contributed by atoms with Crippen molar-refractivity contribution in [2.75, 3.05) is 5.32 Å². The number of nitrogens with zero attached hydrogens (tertiary/aromatic N) is 1. The SMILES string of the molecule is CCC(=NNC(=O)Nc1ccccc1)c1ccccc1. The van der Waals surface area contributed by atoms with Gasteiger partial charge in [-0.2, -0.15) is 5.10 Å². The lowest BCUT2D eigenvalue weighted by atomic mass is 10.1. The molecule has 2 rings (SSSR count). The second-order valence-electron chi connectivity index (χ2n) is 4.21. The maximum Gasteiger partial charge on any atom is 0.339 e. The molecule has 102 valence electrons. The number of rotatable bonds is 4. The first-order valence-corrected chi connectivity index (χ1v) is 6.53. The second-order valence-corrected chi connectivity index (χ2v) is 4.21. The number of para-hydroxylation sites is 1. The molecule has 0 atom stereocenters. The largest absolute Gasteiger partial charge is 0.339 e. The maximum atomic E-state index is 11.7. The smallest absolute Gasteiger partial charge is 0.307 e. The number of benzene rings is 2. The Morgan fingerprint density at radius 1 is 1.00 bits per heavy atom. The van der Waals surface area contributed by atoms with E-state index in [1.807, 2.05) is 67.6 Å². The molecule has 2 aromatic carbocycles. The zero-order valence-electron chi connectivity index (χ0n) is 11.3. The Kier molecular flexibility index (Phi) is 4.89. The molecule has 0 aromatic heterocycles. The van der Waals surface area contributed by atoms with Gasteiger partial charge in [-0.1, -0.05) is 55.5 Å². The summed E-state index contributed by atoms with van der Waals surface area (Å²) in [4.78, 5) is 11.7. The topological polar surface area (TPSA) is 53.5 Å². The normalized spacial score (nSPS) is 10.9. The van der Waals surface area contributed by atoms with Crippen LogP contribution in [0.2, 0.25) is 0 Å². The van der Waals surface area contributed by atoms with Gasteiger partial charge in [-0.15, -0.1) is 0 Å². The van der Waals surface area contributed by atoms with E-state index in [9.17, 15) is 4.79 Å². The summed E-state index contributed by atoms with van der Waals surface area (Å²) >= 11 is 0. The third-order valence-electron chi connectivity index (χ3n) is 2.77. The minimum Gasteiger partial charge on any atom is -0.307 e. The number of hydrazone groups is 1. The molecule has 0 spiro atoms. The Morgan fingerprint density at radius 3 is 2.20 bits per heavy atom. The molecule has 0 saturated heterocycles. The van der Waals surface area contributed by atoms with Crippen molar-refractivity contribution in [2.24, 2.45) is 5.10 Å². The van der Waals surface area contributed by atoms with Crippen LogP contribution in [0.4, 0.5) is 10.5 Å². The van der Waals surface area contributed by atoms with Crippen LogP contribution in [0.1, 0.15) is 18.9 Å². The Bertz CT molecular complexity index is 579. The van der Waals surface area contributed by atoms with Gasteiger partial charge in [0.1, 0.15) is 0 Å². The summed E-state index contributed by atoms with van der Waals surface area (Å²) in [6, 6.07) is 18.7. The summed E-state index contributed by atoms with van der Waals surface area (Å²) in [5.41, 5.74) is 5.10. The van der Waals surface area contributed by atoms with Crippen LogP contribution in [-0.4, -0.2) is 11.7 Å². The Hall–Kier alpha value is -2.62. The third-order valence-corrected chi connectivity index (χ3v) is 2.77. The van der Waals surface area contributed by atoms with Crippen LogP contribution in [0.15, 0.2) is 65.8 Å². The first-order chi connectivity index (χ1) is 9.79. The fraction of sp³-hybridized carbons (Fsp3) is 0.125. The average molecular weight is 267 g/mol. The predicted molar refractivity (Wildman–Crippen MR) is 81.9 cm³/mol. The van der Waals surface area contributed by atoms with Crippen LogP contribution in [0.25, 0.3) is 0 Å². The van der Waals surface area contributed by atoms with Crippen LogP contribution < -0.4 is 10.7 Å². The molecule has 0 fully saturated rings. The fourth-order valence-corrected chi connectivity index (χ4v) is 1.78. The molecule has 4 nitrogen and oxygen atoms in total. The zero-order valence-corrected chi connectivity index (χ0v) is 11.3. The van der Waals surface area contributed by atoms with Gasteiger partial charge in [-0.05, 0) is 24.1 Å². The summed E-state index contributed by atoms with van der Waals surface area (Å²) in [5.74, 6) is 0.